The van der Waals surface area contributed by atoms with E-state index in [1.54, 1.807) is 0 Å². The normalized spacial score (nSPS) is 18.1. The summed E-state index contributed by atoms with van der Waals surface area (Å²) in [6.45, 7) is 1.84. The van der Waals surface area contributed by atoms with E-state index >= 15 is 0 Å². The largest absolute Gasteiger partial charge is 0.329 e. The summed E-state index contributed by atoms with van der Waals surface area (Å²) in [5.41, 5.74) is 7.25. The standard InChI is InChI=1S/C14H21BrN2/c1-17(10-11-5-4-6-11)14(9-16)12-7-2-3-8-13(12)15/h2-3,7-8,11,14H,4-6,9-10,16H2,1H3. The van der Waals surface area contributed by atoms with E-state index in [0.29, 0.717) is 12.6 Å². The highest BCUT2D eigenvalue weighted by molar-refractivity contribution is 9.10. The molecule has 2 rings (SSSR count). The zero-order valence-electron chi connectivity index (χ0n) is 10.4. The van der Waals surface area contributed by atoms with Gasteiger partial charge in [-0.3, -0.25) is 4.90 Å². The summed E-state index contributed by atoms with van der Waals surface area (Å²) in [6, 6.07) is 8.72. The first-order valence-corrected chi connectivity index (χ1v) is 7.16. The Bertz CT molecular complexity index is 363. The maximum atomic E-state index is 5.95. The van der Waals surface area contributed by atoms with Crippen molar-refractivity contribution >= 4 is 15.9 Å². The molecule has 0 heterocycles. The maximum absolute atomic E-state index is 5.95. The van der Waals surface area contributed by atoms with Gasteiger partial charge in [0.05, 0.1) is 0 Å². The molecule has 3 heteroatoms. The molecule has 1 aliphatic rings. The molecule has 0 bridgehead atoms. The van der Waals surface area contributed by atoms with E-state index in [2.05, 4.69) is 46.1 Å². The predicted molar refractivity (Wildman–Crippen MR) is 75.9 cm³/mol. The smallest absolute Gasteiger partial charge is 0.0478 e. The number of benzene rings is 1. The summed E-state index contributed by atoms with van der Waals surface area (Å²) in [6.07, 6.45) is 4.18. The summed E-state index contributed by atoms with van der Waals surface area (Å²) >= 11 is 3.62. The van der Waals surface area contributed by atoms with Crippen molar-refractivity contribution in [2.24, 2.45) is 11.7 Å². The van der Waals surface area contributed by atoms with E-state index in [-0.39, 0.29) is 0 Å². The molecule has 1 unspecified atom stereocenters. The summed E-state index contributed by atoms with van der Waals surface area (Å²) in [7, 11) is 2.19. The lowest BCUT2D eigenvalue weighted by molar-refractivity contribution is 0.164. The highest BCUT2D eigenvalue weighted by Gasteiger charge is 2.24. The van der Waals surface area contributed by atoms with Gasteiger partial charge in [-0.05, 0) is 37.4 Å². The van der Waals surface area contributed by atoms with Crippen LogP contribution >= 0.6 is 15.9 Å². The number of hydrogen-bond donors (Lipinski definition) is 1. The van der Waals surface area contributed by atoms with E-state index in [9.17, 15) is 0 Å². The Hall–Kier alpha value is -0.380. The topological polar surface area (TPSA) is 29.3 Å². The first-order chi connectivity index (χ1) is 8.22. The molecule has 1 aromatic carbocycles. The fourth-order valence-corrected chi connectivity index (χ4v) is 3.05. The van der Waals surface area contributed by atoms with Gasteiger partial charge in [-0.1, -0.05) is 40.5 Å². The Balaban J connectivity index is 2.06. The van der Waals surface area contributed by atoms with Gasteiger partial charge in [0.25, 0.3) is 0 Å². The van der Waals surface area contributed by atoms with Gasteiger partial charge < -0.3 is 5.73 Å². The Morgan fingerprint density at radius 3 is 2.65 bits per heavy atom. The van der Waals surface area contributed by atoms with Gasteiger partial charge >= 0.3 is 0 Å². The summed E-state index contributed by atoms with van der Waals surface area (Å²) < 4.78 is 1.16. The second-order valence-electron chi connectivity index (χ2n) is 5.01. The van der Waals surface area contributed by atoms with E-state index in [1.165, 1.54) is 31.4 Å². The van der Waals surface area contributed by atoms with E-state index in [4.69, 9.17) is 5.73 Å². The average molecular weight is 297 g/mol. The number of nitrogens with two attached hydrogens (primary N) is 1. The minimum absolute atomic E-state index is 0.325. The molecular weight excluding hydrogens is 276 g/mol. The van der Waals surface area contributed by atoms with Crippen molar-refractivity contribution in [2.75, 3.05) is 20.1 Å². The third-order valence-corrected chi connectivity index (χ3v) is 4.51. The molecule has 94 valence electrons. The third kappa shape index (κ3) is 3.09. The zero-order valence-corrected chi connectivity index (χ0v) is 12.0. The Kier molecular flexibility index (Phi) is 4.60. The molecule has 1 fully saturated rings. The van der Waals surface area contributed by atoms with E-state index in [1.807, 2.05) is 6.07 Å². The van der Waals surface area contributed by atoms with Gasteiger partial charge in [0, 0.05) is 23.6 Å². The van der Waals surface area contributed by atoms with E-state index < -0.39 is 0 Å². The minimum atomic E-state index is 0.325. The predicted octanol–water partition coefficient (Wildman–Crippen LogP) is 3.18. The number of halogens is 1. The molecule has 0 radical (unpaired) electrons. The van der Waals surface area contributed by atoms with Crippen molar-refractivity contribution in [1.82, 2.24) is 4.90 Å². The lowest BCUT2D eigenvalue weighted by atomic mass is 9.85. The molecule has 0 saturated heterocycles. The van der Waals surface area contributed by atoms with Gasteiger partial charge in [-0.2, -0.15) is 0 Å². The van der Waals surface area contributed by atoms with Gasteiger partial charge in [-0.15, -0.1) is 0 Å². The van der Waals surface area contributed by atoms with Gasteiger partial charge in [-0.25, -0.2) is 0 Å². The number of hydrogen-bond acceptors (Lipinski definition) is 2. The molecule has 1 atom stereocenters. The van der Waals surface area contributed by atoms with Crippen LogP contribution in [0, 0.1) is 5.92 Å². The monoisotopic (exact) mass is 296 g/mol. The van der Waals surface area contributed by atoms with Crippen LogP contribution in [0.4, 0.5) is 0 Å². The first-order valence-electron chi connectivity index (χ1n) is 6.37. The highest BCUT2D eigenvalue weighted by Crippen LogP contribution is 2.31. The fourth-order valence-electron chi connectivity index (χ4n) is 2.50. The van der Waals surface area contributed by atoms with E-state index in [0.717, 1.165) is 10.4 Å². The molecule has 17 heavy (non-hydrogen) atoms. The molecule has 1 saturated carbocycles. The Morgan fingerprint density at radius 2 is 2.12 bits per heavy atom. The van der Waals surface area contributed by atoms with Gasteiger partial charge in [0.1, 0.15) is 0 Å². The second-order valence-corrected chi connectivity index (χ2v) is 5.86. The van der Waals surface area contributed by atoms with Crippen molar-refractivity contribution in [3.63, 3.8) is 0 Å². The molecule has 2 N–H and O–H groups in total. The summed E-state index contributed by atoms with van der Waals surface area (Å²) in [5, 5.41) is 0. The third-order valence-electron chi connectivity index (χ3n) is 3.79. The summed E-state index contributed by atoms with van der Waals surface area (Å²) in [4.78, 5) is 2.41. The average Bonchev–Trinajstić information content (AvgIpc) is 2.27. The van der Waals surface area contributed by atoms with Crippen LogP contribution in [0.2, 0.25) is 0 Å². The van der Waals surface area contributed by atoms with Crippen molar-refractivity contribution in [1.29, 1.82) is 0 Å². The van der Waals surface area contributed by atoms with Gasteiger partial charge in [0.2, 0.25) is 0 Å². The minimum Gasteiger partial charge on any atom is -0.329 e. The molecule has 0 amide bonds. The van der Waals surface area contributed by atoms with Crippen LogP contribution < -0.4 is 5.73 Å². The van der Waals surface area contributed by atoms with Gasteiger partial charge in [0.15, 0.2) is 0 Å². The van der Waals surface area contributed by atoms with Crippen LogP contribution in [-0.4, -0.2) is 25.0 Å². The second kappa shape index (κ2) is 5.98. The van der Waals surface area contributed by atoms with Crippen molar-refractivity contribution in [3.05, 3.63) is 34.3 Å². The van der Waals surface area contributed by atoms with Crippen molar-refractivity contribution in [2.45, 2.75) is 25.3 Å². The molecule has 0 spiro atoms. The number of nitrogens with zero attached hydrogens (tertiary/aromatic N) is 1. The number of likely N-dealkylation sites (N-methyl/N-ethyl adjacent to an activating group) is 1. The molecule has 2 nitrogen and oxygen atoms in total. The SMILES string of the molecule is CN(CC1CCC1)C(CN)c1ccccc1Br. The summed E-state index contributed by atoms with van der Waals surface area (Å²) in [5.74, 6) is 0.886. The van der Waals surface area contributed by atoms with Crippen molar-refractivity contribution in [3.8, 4) is 0 Å². The van der Waals surface area contributed by atoms with Crippen LogP contribution in [0.1, 0.15) is 30.9 Å². The van der Waals surface area contributed by atoms with Crippen LogP contribution in [0.25, 0.3) is 0 Å². The molecule has 0 aromatic heterocycles. The molecule has 1 aromatic rings. The quantitative estimate of drug-likeness (QED) is 0.904. The zero-order chi connectivity index (χ0) is 12.3. The number of rotatable bonds is 5. The lowest BCUT2D eigenvalue weighted by Gasteiger charge is -2.35. The van der Waals surface area contributed by atoms with Crippen LogP contribution in [0.3, 0.4) is 0 Å². The Morgan fingerprint density at radius 1 is 1.41 bits per heavy atom. The van der Waals surface area contributed by atoms with Crippen LogP contribution in [0.15, 0.2) is 28.7 Å². The fraction of sp³-hybridized carbons (Fsp3) is 0.571. The molecular formula is C14H21BrN2. The highest BCUT2D eigenvalue weighted by atomic mass is 79.9. The molecule has 0 aliphatic heterocycles. The Labute approximate surface area is 112 Å². The molecule has 1 aliphatic carbocycles. The maximum Gasteiger partial charge on any atom is 0.0478 e. The van der Waals surface area contributed by atoms with Crippen molar-refractivity contribution < 1.29 is 0 Å². The first kappa shape index (κ1) is 13.1. The van der Waals surface area contributed by atoms with Crippen LogP contribution in [-0.2, 0) is 0 Å². The van der Waals surface area contributed by atoms with Crippen LogP contribution in [0.5, 0.6) is 0 Å². The lowest BCUT2D eigenvalue weighted by Crippen LogP contribution is -2.36.